The van der Waals surface area contributed by atoms with Crippen LogP contribution in [0.1, 0.15) is 19.8 Å². The van der Waals surface area contributed by atoms with Gasteiger partial charge in [-0.15, -0.1) is 0 Å². The topological polar surface area (TPSA) is 23.5 Å². The van der Waals surface area contributed by atoms with Crippen LogP contribution in [0.25, 0.3) is 0 Å². The number of nitrogens with zero attached hydrogens (tertiary/aromatic N) is 1. The molecule has 1 atom stereocenters. The molecule has 1 unspecified atom stereocenters. The largest absolute Gasteiger partial charge is 0.359 e. The monoisotopic (exact) mass is 149 g/mol. The van der Waals surface area contributed by atoms with Gasteiger partial charge in [0.1, 0.15) is 0 Å². The number of hydrogen-bond acceptors (Lipinski definition) is 2. The second-order valence-corrected chi connectivity index (χ2v) is 4.29. The summed E-state index contributed by atoms with van der Waals surface area (Å²) in [5.74, 6) is 0. The van der Waals surface area contributed by atoms with Crippen LogP contribution in [-0.4, -0.2) is 29.8 Å². The first kappa shape index (κ1) is 9.35. The van der Waals surface area contributed by atoms with Crippen molar-refractivity contribution in [3.05, 3.63) is 0 Å². The summed E-state index contributed by atoms with van der Waals surface area (Å²) in [6.45, 7) is 2.14. The maximum absolute atomic E-state index is 9.25. The maximum Gasteiger partial charge on any atom is 0.1000 e. The van der Waals surface area contributed by atoms with Crippen LogP contribution in [0, 0.1) is 0 Å². The third-order valence-electron chi connectivity index (χ3n) is 1.17. The summed E-state index contributed by atoms with van der Waals surface area (Å²) < 4.78 is 1.89. The van der Waals surface area contributed by atoms with Gasteiger partial charge in [-0.25, -0.2) is 0 Å². The van der Waals surface area contributed by atoms with E-state index < -0.39 is 8.30 Å². The van der Waals surface area contributed by atoms with Gasteiger partial charge < -0.3 is 4.89 Å². The Hall–Kier alpha value is 0.350. The highest BCUT2D eigenvalue weighted by Crippen LogP contribution is 2.32. The average Bonchev–Trinajstić information content (AvgIpc) is 1.82. The van der Waals surface area contributed by atoms with Crippen molar-refractivity contribution in [2.24, 2.45) is 0 Å². The predicted molar refractivity (Wildman–Crippen MR) is 42.6 cm³/mol. The molecule has 0 aliphatic carbocycles. The lowest BCUT2D eigenvalue weighted by Crippen LogP contribution is -2.05. The number of unbranched alkanes of at least 4 members (excludes halogenated alkanes) is 1. The third kappa shape index (κ3) is 4.83. The summed E-state index contributed by atoms with van der Waals surface area (Å²) in [6.07, 6.45) is 3.27. The summed E-state index contributed by atoms with van der Waals surface area (Å²) in [6, 6.07) is 0. The Morgan fingerprint density at radius 2 is 2.00 bits per heavy atom. The number of hydrogen-bond donors (Lipinski definition) is 1. The van der Waals surface area contributed by atoms with Crippen molar-refractivity contribution in [3.8, 4) is 0 Å². The highest BCUT2D eigenvalue weighted by molar-refractivity contribution is 7.48. The van der Waals surface area contributed by atoms with Gasteiger partial charge in [-0.2, -0.15) is 0 Å². The highest BCUT2D eigenvalue weighted by Gasteiger charge is 2.03. The summed E-state index contributed by atoms with van der Waals surface area (Å²) in [5.41, 5.74) is 0. The van der Waals surface area contributed by atoms with Crippen molar-refractivity contribution >= 4 is 8.30 Å². The molecule has 0 spiro atoms. The van der Waals surface area contributed by atoms with Gasteiger partial charge in [0.2, 0.25) is 0 Å². The van der Waals surface area contributed by atoms with Crippen LogP contribution in [-0.2, 0) is 0 Å². The zero-order chi connectivity index (χ0) is 7.28. The van der Waals surface area contributed by atoms with Gasteiger partial charge in [0.15, 0.2) is 0 Å². The first-order chi connectivity index (χ1) is 4.18. The summed E-state index contributed by atoms with van der Waals surface area (Å²) in [4.78, 5) is 9.25. The second-order valence-electron chi connectivity index (χ2n) is 2.30. The Labute approximate surface area is 58.8 Å². The van der Waals surface area contributed by atoms with E-state index >= 15 is 0 Å². The van der Waals surface area contributed by atoms with Crippen LogP contribution in [0.4, 0.5) is 0 Å². The lowest BCUT2D eigenvalue weighted by Gasteiger charge is -2.16. The molecule has 0 heterocycles. The normalized spacial score (nSPS) is 14.3. The average molecular weight is 149 g/mol. The van der Waals surface area contributed by atoms with E-state index in [1.807, 2.05) is 18.8 Å². The molecule has 2 nitrogen and oxygen atoms in total. The molecule has 56 valence electrons. The fourth-order valence-electron chi connectivity index (χ4n) is 0.500. The fourth-order valence-corrected chi connectivity index (χ4v) is 1.50. The minimum atomic E-state index is -0.812. The summed E-state index contributed by atoms with van der Waals surface area (Å²) >= 11 is 0. The van der Waals surface area contributed by atoms with Crippen molar-refractivity contribution in [1.82, 2.24) is 4.67 Å². The van der Waals surface area contributed by atoms with Gasteiger partial charge in [0, 0.05) is 6.16 Å². The standard InChI is InChI=1S/C6H16NOP/c1-4-5-6-9(8)7(2)3/h8H,4-6H2,1-3H3. The molecule has 0 fully saturated rings. The van der Waals surface area contributed by atoms with Crippen molar-refractivity contribution in [1.29, 1.82) is 0 Å². The first-order valence-corrected chi connectivity index (χ1v) is 4.75. The summed E-state index contributed by atoms with van der Waals surface area (Å²) in [5, 5.41) is 0. The SMILES string of the molecule is CCCCP(O)N(C)C. The quantitative estimate of drug-likeness (QED) is 0.614. The van der Waals surface area contributed by atoms with E-state index in [9.17, 15) is 4.89 Å². The van der Waals surface area contributed by atoms with Crippen LogP contribution < -0.4 is 0 Å². The van der Waals surface area contributed by atoms with Crippen molar-refractivity contribution in [3.63, 3.8) is 0 Å². The molecule has 0 saturated heterocycles. The van der Waals surface area contributed by atoms with Crippen LogP contribution in [0.2, 0.25) is 0 Å². The molecule has 9 heavy (non-hydrogen) atoms. The molecule has 0 aromatic carbocycles. The van der Waals surface area contributed by atoms with Crippen LogP contribution in [0.15, 0.2) is 0 Å². The molecule has 0 rings (SSSR count). The van der Waals surface area contributed by atoms with Gasteiger partial charge in [-0.05, 0) is 20.5 Å². The second kappa shape index (κ2) is 5.16. The molecule has 0 aromatic rings. The van der Waals surface area contributed by atoms with Gasteiger partial charge in [-0.3, -0.25) is 4.67 Å². The Bertz CT molecular complexity index is 68.1. The fraction of sp³-hybridized carbons (Fsp3) is 1.00. The Kier molecular flexibility index (Phi) is 5.36. The van der Waals surface area contributed by atoms with E-state index in [0.29, 0.717) is 0 Å². The highest BCUT2D eigenvalue weighted by atomic mass is 31.2. The van der Waals surface area contributed by atoms with Gasteiger partial charge in [0.25, 0.3) is 0 Å². The molecule has 0 amide bonds. The minimum Gasteiger partial charge on any atom is -0.359 e. The molecule has 0 saturated carbocycles. The molecular formula is C6H16NOP. The van der Waals surface area contributed by atoms with E-state index in [1.165, 1.54) is 6.42 Å². The summed E-state index contributed by atoms with van der Waals surface area (Å²) in [7, 11) is 3.02. The predicted octanol–water partition coefficient (Wildman–Crippen LogP) is 1.65. The van der Waals surface area contributed by atoms with Gasteiger partial charge in [0.05, 0.1) is 8.30 Å². The van der Waals surface area contributed by atoms with Crippen molar-refractivity contribution in [2.45, 2.75) is 19.8 Å². The van der Waals surface area contributed by atoms with Gasteiger partial charge in [-0.1, -0.05) is 13.3 Å². The van der Waals surface area contributed by atoms with Crippen LogP contribution in [0.5, 0.6) is 0 Å². The lowest BCUT2D eigenvalue weighted by atomic mass is 10.4. The smallest absolute Gasteiger partial charge is 0.1000 e. The van der Waals surface area contributed by atoms with E-state index in [-0.39, 0.29) is 0 Å². The molecule has 0 bridgehead atoms. The first-order valence-electron chi connectivity index (χ1n) is 3.32. The molecule has 3 heteroatoms. The molecule has 0 radical (unpaired) electrons. The molecular weight excluding hydrogens is 133 g/mol. The Balaban J connectivity index is 3.16. The molecule has 1 N–H and O–H groups in total. The minimum absolute atomic E-state index is 0.812. The zero-order valence-corrected chi connectivity index (χ0v) is 7.36. The van der Waals surface area contributed by atoms with Crippen LogP contribution in [0.3, 0.4) is 0 Å². The molecule has 0 aliphatic rings. The maximum atomic E-state index is 9.25. The molecule has 0 aliphatic heterocycles. The Morgan fingerprint density at radius 1 is 1.44 bits per heavy atom. The third-order valence-corrected chi connectivity index (χ3v) is 2.81. The van der Waals surface area contributed by atoms with E-state index in [0.717, 1.165) is 12.6 Å². The van der Waals surface area contributed by atoms with E-state index in [1.54, 1.807) is 0 Å². The van der Waals surface area contributed by atoms with Crippen LogP contribution >= 0.6 is 8.30 Å². The lowest BCUT2D eigenvalue weighted by molar-refractivity contribution is 0.524. The van der Waals surface area contributed by atoms with E-state index in [4.69, 9.17) is 0 Å². The van der Waals surface area contributed by atoms with Crippen molar-refractivity contribution < 1.29 is 4.89 Å². The molecule has 0 aromatic heterocycles. The number of rotatable bonds is 4. The van der Waals surface area contributed by atoms with Gasteiger partial charge >= 0.3 is 0 Å². The van der Waals surface area contributed by atoms with Crippen molar-refractivity contribution in [2.75, 3.05) is 20.3 Å². The Morgan fingerprint density at radius 3 is 2.33 bits per heavy atom. The zero-order valence-electron chi connectivity index (χ0n) is 6.46. The van der Waals surface area contributed by atoms with E-state index in [2.05, 4.69) is 6.92 Å².